The number of fused-ring (bicyclic) bond motifs is 12. The predicted molar refractivity (Wildman–Crippen MR) is 268 cm³/mol. The minimum Gasteiger partial charge on any atom is -0.309 e. The zero-order valence-corrected chi connectivity index (χ0v) is 34.5. The van der Waals surface area contributed by atoms with E-state index in [-0.39, 0.29) is 0 Å². The van der Waals surface area contributed by atoms with E-state index in [1.807, 2.05) is 11.3 Å². The van der Waals surface area contributed by atoms with Crippen molar-refractivity contribution < 1.29 is 0 Å². The fourth-order valence-corrected chi connectivity index (χ4v) is 11.2. The van der Waals surface area contributed by atoms with Crippen molar-refractivity contribution in [1.29, 1.82) is 0 Å². The Morgan fingerprint density at radius 1 is 0.258 bits per heavy atom. The second-order valence-corrected chi connectivity index (χ2v) is 17.5. The molecule has 0 saturated heterocycles. The summed E-state index contributed by atoms with van der Waals surface area (Å²) in [5.41, 5.74) is 13.4. The number of hydrogen-bond donors (Lipinski definition) is 0. The predicted octanol–water partition coefficient (Wildman–Crippen LogP) is 17.3. The first-order valence-corrected chi connectivity index (χ1v) is 22.1. The van der Waals surface area contributed by atoms with Crippen molar-refractivity contribution in [2.24, 2.45) is 0 Å². The quantitative estimate of drug-likeness (QED) is 0.153. The molecule has 0 saturated carbocycles. The maximum Gasteiger partial charge on any atom is 0.0541 e. The van der Waals surface area contributed by atoms with Gasteiger partial charge >= 0.3 is 0 Å². The van der Waals surface area contributed by atoms with Crippen molar-refractivity contribution in [3.8, 4) is 50.2 Å². The normalized spacial score (nSPS) is 11.9. The smallest absolute Gasteiger partial charge is 0.0541 e. The molecule has 11 aromatic carbocycles. The Labute approximate surface area is 363 Å². The van der Waals surface area contributed by atoms with E-state index >= 15 is 0 Å². The van der Waals surface area contributed by atoms with Gasteiger partial charge in [-0.15, -0.1) is 11.3 Å². The topological polar surface area (TPSA) is 4.93 Å². The van der Waals surface area contributed by atoms with E-state index in [9.17, 15) is 0 Å². The number of rotatable bonds is 5. The Kier molecular flexibility index (Phi) is 7.85. The van der Waals surface area contributed by atoms with Crippen LogP contribution in [0, 0.1) is 0 Å². The number of hydrogen-bond acceptors (Lipinski definition) is 1. The summed E-state index contributed by atoms with van der Waals surface area (Å²) in [5.74, 6) is 0. The lowest BCUT2D eigenvalue weighted by Crippen LogP contribution is -1.94. The molecule has 0 aliphatic heterocycles. The lowest BCUT2D eigenvalue weighted by atomic mass is 9.92. The summed E-state index contributed by atoms with van der Waals surface area (Å²) in [4.78, 5) is 0. The van der Waals surface area contributed by atoms with Gasteiger partial charge in [0.15, 0.2) is 0 Å². The zero-order chi connectivity index (χ0) is 40.7. The van der Waals surface area contributed by atoms with Crippen molar-refractivity contribution in [3.63, 3.8) is 0 Å². The highest BCUT2D eigenvalue weighted by Gasteiger charge is 2.18. The second-order valence-electron chi connectivity index (χ2n) is 16.4. The van der Waals surface area contributed by atoms with Gasteiger partial charge in [-0.1, -0.05) is 164 Å². The summed E-state index contributed by atoms with van der Waals surface area (Å²) in [5, 5.41) is 12.8. The molecule has 2 heteroatoms. The van der Waals surface area contributed by atoms with E-state index in [0.29, 0.717) is 0 Å². The van der Waals surface area contributed by atoms with E-state index in [1.54, 1.807) is 0 Å². The maximum atomic E-state index is 2.45. The van der Waals surface area contributed by atoms with Crippen LogP contribution in [0.25, 0.3) is 124 Å². The summed E-state index contributed by atoms with van der Waals surface area (Å²) in [6.45, 7) is 0. The summed E-state index contributed by atoms with van der Waals surface area (Å²) < 4.78 is 5.07. The Balaban J connectivity index is 0.982. The summed E-state index contributed by atoms with van der Waals surface area (Å²) in [7, 11) is 0. The third-order valence-corrected chi connectivity index (χ3v) is 14.2. The number of benzene rings is 11. The molecular formula is C60H37NS. The summed E-state index contributed by atoms with van der Waals surface area (Å²) in [6, 6.07) is 83.0. The van der Waals surface area contributed by atoms with Crippen LogP contribution in [0.15, 0.2) is 224 Å². The molecule has 0 N–H and O–H groups in total. The standard InChI is InChI=1S/C60H37NS/c1-3-14-38(15-4-1)41-28-31-59-55(34-41)56-37-44(39-16-5-2-6-17-39)36-52(60(56)62-59)43-27-30-58-54(35-43)51-24-11-12-25-57(51)61(58)45-19-13-18-40(32-45)42-26-29-50-48-22-8-7-20-46(48)47-21-9-10-23-49(47)53(50)33-42/h1-37H. The molecule has 0 bridgehead atoms. The average molecular weight is 804 g/mol. The number of thiophene rings is 1. The maximum absolute atomic E-state index is 2.45. The Bertz CT molecular complexity index is 3870. The van der Waals surface area contributed by atoms with E-state index in [1.165, 1.54) is 119 Å². The van der Waals surface area contributed by atoms with Gasteiger partial charge in [0, 0.05) is 42.2 Å². The fourth-order valence-electron chi connectivity index (χ4n) is 10.0. The molecule has 62 heavy (non-hydrogen) atoms. The number of para-hydroxylation sites is 1. The first kappa shape index (κ1) is 35.0. The molecule has 0 spiro atoms. The van der Waals surface area contributed by atoms with Crippen LogP contribution in [-0.4, -0.2) is 4.57 Å². The lowest BCUT2D eigenvalue weighted by molar-refractivity contribution is 1.18. The molecule has 2 aromatic heterocycles. The van der Waals surface area contributed by atoms with Crippen molar-refractivity contribution in [3.05, 3.63) is 224 Å². The largest absolute Gasteiger partial charge is 0.309 e. The molecule has 1 nitrogen and oxygen atoms in total. The molecule has 0 aliphatic rings. The second kappa shape index (κ2) is 13.9. The van der Waals surface area contributed by atoms with Crippen LogP contribution >= 0.6 is 11.3 Å². The molecule has 0 unspecified atom stereocenters. The third-order valence-electron chi connectivity index (χ3n) is 13.0. The van der Waals surface area contributed by atoms with Crippen molar-refractivity contribution in [2.45, 2.75) is 0 Å². The van der Waals surface area contributed by atoms with E-state index in [0.717, 1.165) is 5.69 Å². The van der Waals surface area contributed by atoms with Crippen molar-refractivity contribution >= 4 is 85.6 Å². The van der Waals surface area contributed by atoms with Gasteiger partial charge in [-0.3, -0.25) is 0 Å². The third kappa shape index (κ3) is 5.47. The number of aromatic nitrogens is 1. The van der Waals surface area contributed by atoms with Crippen LogP contribution in [0.2, 0.25) is 0 Å². The van der Waals surface area contributed by atoms with Crippen LogP contribution in [0.4, 0.5) is 0 Å². The highest BCUT2D eigenvalue weighted by atomic mass is 32.1. The van der Waals surface area contributed by atoms with Gasteiger partial charge in [-0.05, 0) is 132 Å². The molecule has 13 aromatic rings. The molecule has 2 heterocycles. The van der Waals surface area contributed by atoms with Crippen LogP contribution in [0.5, 0.6) is 0 Å². The monoisotopic (exact) mass is 803 g/mol. The molecule has 0 fully saturated rings. The number of nitrogens with zero attached hydrogens (tertiary/aromatic N) is 1. The molecule has 0 radical (unpaired) electrons. The highest BCUT2D eigenvalue weighted by Crippen LogP contribution is 2.46. The van der Waals surface area contributed by atoms with Gasteiger partial charge in [-0.25, -0.2) is 0 Å². The summed E-state index contributed by atoms with van der Waals surface area (Å²) >= 11 is 1.90. The van der Waals surface area contributed by atoms with Gasteiger partial charge in [0.25, 0.3) is 0 Å². The Morgan fingerprint density at radius 2 is 0.758 bits per heavy atom. The molecule has 0 amide bonds. The Morgan fingerprint density at radius 3 is 1.50 bits per heavy atom. The van der Waals surface area contributed by atoms with Gasteiger partial charge in [0.05, 0.1) is 11.0 Å². The van der Waals surface area contributed by atoms with E-state index < -0.39 is 0 Å². The van der Waals surface area contributed by atoms with E-state index in [2.05, 4.69) is 229 Å². The van der Waals surface area contributed by atoms with Crippen molar-refractivity contribution in [2.75, 3.05) is 0 Å². The minimum absolute atomic E-state index is 1.15. The molecule has 0 atom stereocenters. The van der Waals surface area contributed by atoms with Gasteiger partial charge < -0.3 is 4.57 Å². The minimum atomic E-state index is 1.15. The lowest BCUT2D eigenvalue weighted by Gasteiger charge is -2.13. The van der Waals surface area contributed by atoms with Gasteiger partial charge in [0.1, 0.15) is 0 Å². The first-order valence-electron chi connectivity index (χ1n) is 21.3. The van der Waals surface area contributed by atoms with Crippen LogP contribution in [0.1, 0.15) is 0 Å². The highest BCUT2D eigenvalue weighted by molar-refractivity contribution is 7.26. The summed E-state index contributed by atoms with van der Waals surface area (Å²) in [6.07, 6.45) is 0. The van der Waals surface area contributed by atoms with Crippen LogP contribution in [-0.2, 0) is 0 Å². The van der Waals surface area contributed by atoms with Crippen LogP contribution in [0.3, 0.4) is 0 Å². The molecule has 0 aliphatic carbocycles. The van der Waals surface area contributed by atoms with Gasteiger partial charge in [-0.2, -0.15) is 0 Å². The SMILES string of the molecule is c1ccc(-c2ccc3sc4c(-c5ccc6c(c5)c5ccccc5n6-c5cccc(-c6ccc7c8ccccc8c8ccccc8c7c6)c5)cc(-c5ccccc5)cc4c3c2)cc1. The average Bonchev–Trinajstić information content (AvgIpc) is 3.89. The van der Waals surface area contributed by atoms with Gasteiger partial charge in [0.2, 0.25) is 0 Å². The van der Waals surface area contributed by atoms with Crippen LogP contribution < -0.4 is 0 Å². The molecule has 13 rings (SSSR count). The zero-order valence-electron chi connectivity index (χ0n) is 33.7. The van der Waals surface area contributed by atoms with Crippen molar-refractivity contribution in [1.82, 2.24) is 4.57 Å². The molecule has 288 valence electrons. The van der Waals surface area contributed by atoms with E-state index in [4.69, 9.17) is 0 Å². The Hall–Kier alpha value is -7.78. The fraction of sp³-hybridized carbons (Fsp3) is 0. The molecular weight excluding hydrogens is 767 g/mol. The first-order chi connectivity index (χ1) is 30.7.